The van der Waals surface area contributed by atoms with E-state index >= 15 is 0 Å². The molecule has 0 fully saturated rings. The highest BCUT2D eigenvalue weighted by atomic mass is 35.5. The second-order valence-electron chi connectivity index (χ2n) is 4.85. The number of carbonyl (C=O) groups is 1. The maximum absolute atomic E-state index is 13.3. The van der Waals surface area contributed by atoms with E-state index in [-0.39, 0.29) is 11.5 Å². The van der Waals surface area contributed by atoms with E-state index in [1.54, 1.807) is 0 Å². The van der Waals surface area contributed by atoms with Gasteiger partial charge >= 0.3 is 18.3 Å². The molecule has 12 heteroatoms. The van der Waals surface area contributed by atoms with Crippen LogP contribution >= 0.6 is 23.4 Å². The highest BCUT2D eigenvalue weighted by molar-refractivity contribution is 7.99. The fraction of sp³-hybridized carbons (Fsp3) is 0.267. The highest BCUT2D eigenvalue weighted by Crippen LogP contribution is 2.39. The normalized spacial score (nSPS) is 12.1. The van der Waals surface area contributed by atoms with Crippen LogP contribution in [0.25, 0.3) is 0 Å². The number of esters is 1. The van der Waals surface area contributed by atoms with E-state index in [4.69, 9.17) is 11.6 Å². The molecule has 146 valence electrons. The monoisotopic (exact) mass is 430 g/mol. The molecule has 0 radical (unpaired) electrons. The minimum atomic E-state index is -5.33. The summed E-state index contributed by atoms with van der Waals surface area (Å²) in [5.74, 6) is -3.49. The zero-order chi connectivity index (χ0) is 20.4. The minimum absolute atomic E-state index is 0.213. The summed E-state index contributed by atoms with van der Waals surface area (Å²) < 4.78 is 83.4. The lowest BCUT2D eigenvalue weighted by atomic mass is 10.2. The van der Waals surface area contributed by atoms with E-state index in [9.17, 15) is 31.1 Å². The number of hydrogen-bond acceptors (Lipinski definition) is 5. The van der Waals surface area contributed by atoms with E-state index in [1.807, 2.05) is 0 Å². The van der Waals surface area contributed by atoms with Crippen LogP contribution in [0.2, 0.25) is 5.02 Å². The van der Waals surface area contributed by atoms with Crippen LogP contribution in [0, 0.1) is 0 Å². The third-order valence-corrected chi connectivity index (χ3v) is 4.15. The molecule has 0 saturated carbocycles. The Kier molecular flexibility index (Phi) is 6.25. The van der Waals surface area contributed by atoms with Crippen LogP contribution in [-0.4, -0.2) is 22.5 Å². The summed E-state index contributed by atoms with van der Waals surface area (Å²) in [5, 5.41) is -0.523. The molecular weight excluding hydrogens is 422 g/mol. The number of rotatable bonds is 4. The molecule has 0 aliphatic heterocycles. The molecule has 0 bridgehead atoms. The van der Waals surface area contributed by atoms with Crippen molar-refractivity contribution in [3.05, 3.63) is 46.4 Å². The lowest BCUT2D eigenvalue weighted by molar-refractivity contribution is -0.153. The first-order valence-electron chi connectivity index (χ1n) is 7.10. The molecular formula is C15H9ClF6N2O2S. The number of aromatic nitrogens is 2. The molecule has 1 aromatic carbocycles. The summed E-state index contributed by atoms with van der Waals surface area (Å²) in [5.41, 5.74) is -3.20. The molecule has 0 spiro atoms. The molecule has 27 heavy (non-hydrogen) atoms. The Hall–Kier alpha value is -2.01. The molecule has 2 rings (SSSR count). The second-order valence-corrected chi connectivity index (χ2v) is 6.35. The Labute approximate surface area is 157 Å². The Balaban J connectivity index is 2.72. The van der Waals surface area contributed by atoms with Gasteiger partial charge in [0.15, 0.2) is 5.69 Å². The maximum Gasteiger partial charge on any atom is 0.451 e. The number of alkyl halides is 6. The van der Waals surface area contributed by atoms with E-state index in [0.29, 0.717) is 16.8 Å². The standard InChI is InChI=1S/C15H9ClF6N2O2S/c1-2-26-12(25)9-10(14(17,18)19)23-13(15(20,21)22)24-11(9)27-8-5-3-7(16)4-6-8/h3-6H,2H2,1H3. The fourth-order valence-electron chi connectivity index (χ4n) is 1.85. The Morgan fingerprint density at radius 1 is 1.07 bits per heavy atom. The van der Waals surface area contributed by atoms with Gasteiger partial charge in [-0.1, -0.05) is 23.4 Å². The molecule has 0 N–H and O–H groups in total. The van der Waals surface area contributed by atoms with Gasteiger partial charge in [-0.25, -0.2) is 14.8 Å². The minimum Gasteiger partial charge on any atom is -0.462 e. The van der Waals surface area contributed by atoms with Crippen molar-refractivity contribution in [2.24, 2.45) is 0 Å². The molecule has 0 atom stereocenters. The highest BCUT2D eigenvalue weighted by Gasteiger charge is 2.44. The quantitative estimate of drug-likeness (QED) is 0.364. The number of ether oxygens (including phenoxy) is 1. The Bertz CT molecular complexity index is 840. The first-order valence-corrected chi connectivity index (χ1v) is 8.30. The van der Waals surface area contributed by atoms with Crippen molar-refractivity contribution < 1.29 is 35.9 Å². The first kappa shape index (κ1) is 21.3. The van der Waals surface area contributed by atoms with Crippen molar-refractivity contribution in [3.8, 4) is 0 Å². The van der Waals surface area contributed by atoms with E-state index < -0.39 is 40.4 Å². The average molecular weight is 431 g/mol. The SMILES string of the molecule is CCOC(=O)c1c(Sc2ccc(Cl)cc2)nc(C(F)(F)F)nc1C(F)(F)F. The van der Waals surface area contributed by atoms with E-state index in [0.717, 1.165) is 0 Å². The molecule has 1 aromatic heterocycles. The van der Waals surface area contributed by atoms with Crippen molar-refractivity contribution in [2.75, 3.05) is 6.61 Å². The number of nitrogens with zero attached hydrogens (tertiary/aromatic N) is 2. The largest absolute Gasteiger partial charge is 0.462 e. The smallest absolute Gasteiger partial charge is 0.451 e. The van der Waals surface area contributed by atoms with Crippen LogP contribution < -0.4 is 0 Å². The van der Waals surface area contributed by atoms with Gasteiger partial charge in [-0.2, -0.15) is 26.3 Å². The van der Waals surface area contributed by atoms with Gasteiger partial charge in [0.1, 0.15) is 10.6 Å². The van der Waals surface area contributed by atoms with Crippen molar-refractivity contribution in [3.63, 3.8) is 0 Å². The Morgan fingerprint density at radius 2 is 1.67 bits per heavy atom. The van der Waals surface area contributed by atoms with Crippen LogP contribution in [0.5, 0.6) is 0 Å². The lowest BCUT2D eigenvalue weighted by Crippen LogP contribution is -2.23. The Morgan fingerprint density at radius 3 is 2.15 bits per heavy atom. The summed E-state index contributed by atoms with van der Waals surface area (Å²) in [6, 6.07) is 5.46. The summed E-state index contributed by atoms with van der Waals surface area (Å²) in [6.45, 7) is 1.05. The summed E-state index contributed by atoms with van der Waals surface area (Å²) in [6.07, 6.45) is -10.6. The third-order valence-electron chi connectivity index (χ3n) is 2.91. The van der Waals surface area contributed by atoms with Crippen LogP contribution in [0.3, 0.4) is 0 Å². The van der Waals surface area contributed by atoms with Gasteiger partial charge < -0.3 is 4.74 Å². The number of benzene rings is 1. The molecule has 0 unspecified atom stereocenters. The van der Waals surface area contributed by atoms with Crippen molar-refractivity contribution in [1.82, 2.24) is 9.97 Å². The zero-order valence-electron chi connectivity index (χ0n) is 13.3. The lowest BCUT2D eigenvalue weighted by Gasteiger charge is -2.16. The first-order chi connectivity index (χ1) is 12.4. The predicted octanol–water partition coefficient (Wildman–Crippen LogP) is 5.50. The summed E-state index contributed by atoms with van der Waals surface area (Å²) >= 11 is 6.13. The number of carbonyl (C=O) groups excluding carboxylic acids is 1. The van der Waals surface area contributed by atoms with Crippen LogP contribution in [0.1, 0.15) is 28.8 Å². The molecule has 1 heterocycles. The maximum atomic E-state index is 13.3. The van der Waals surface area contributed by atoms with E-state index in [2.05, 4.69) is 14.7 Å². The van der Waals surface area contributed by atoms with Crippen LogP contribution in [-0.2, 0) is 17.1 Å². The molecule has 2 aromatic rings. The molecule has 0 saturated heterocycles. The predicted molar refractivity (Wildman–Crippen MR) is 83.6 cm³/mol. The molecule has 0 amide bonds. The van der Waals surface area contributed by atoms with Crippen molar-refractivity contribution in [2.45, 2.75) is 29.2 Å². The fourth-order valence-corrected chi connectivity index (χ4v) is 2.88. The van der Waals surface area contributed by atoms with Gasteiger partial charge in [0.25, 0.3) is 0 Å². The van der Waals surface area contributed by atoms with Crippen LogP contribution in [0.15, 0.2) is 34.2 Å². The number of halogens is 7. The zero-order valence-corrected chi connectivity index (χ0v) is 14.9. The van der Waals surface area contributed by atoms with Crippen molar-refractivity contribution in [1.29, 1.82) is 0 Å². The second kappa shape index (κ2) is 7.93. The number of hydrogen-bond donors (Lipinski definition) is 0. The van der Waals surface area contributed by atoms with E-state index in [1.165, 1.54) is 31.2 Å². The topological polar surface area (TPSA) is 52.1 Å². The third kappa shape index (κ3) is 5.25. The van der Waals surface area contributed by atoms with Gasteiger partial charge in [0.2, 0.25) is 5.82 Å². The molecule has 0 aliphatic rings. The average Bonchev–Trinajstić information content (AvgIpc) is 2.54. The summed E-state index contributed by atoms with van der Waals surface area (Å²) in [4.78, 5) is 17.9. The molecule has 0 aliphatic carbocycles. The van der Waals surface area contributed by atoms with Gasteiger partial charge in [0, 0.05) is 9.92 Å². The van der Waals surface area contributed by atoms with Gasteiger partial charge in [-0.05, 0) is 31.2 Å². The van der Waals surface area contributed by atoms with Gasteiger partial charge in [0.05, 0.1) is 6.61 Å². The van der Waals surface area contributed by atoms with Gasteiger partial charge in [-0.15, -0.1) is 0 Å². The summed E-state index contributed by atoms with van der Waals surface area (Å²) in [7, 11) is 0. The van der Waals surface area contributed by atoms with Gasteiger partial charge in [-0.3, -0.25) is 0 Å². The van der Waals surface area contributed by atoms with Crippen molar-refractivity contribution >= 4 is 29.3 Å². The molecule has 4 nitrogen and oxygen atoms in total. The van der Waals surface area contributed by atoms with Crippen LogP contribution in [0.4, 0.5) is 26.3 Å².